The summed E-state index contributed by atoms with van der Waals surface area (Å²) in [5.41, 5.74) is 9.29. The third-order valence-electron chi connectivity index (χ3n) is 6.72. The lowest BCUT2D eigenvalue weighted by atomic mass is 9.99. The molecule has 0 radical (unpaired) electrons. The molecule has 1 aliphatic rings. The Labute approximate surface area is 199 Å². The molecule has 172 valence electrons. The fourth-order valence-electron chi connectivity index (χ4n) is 4.96. The zero-order valence-corrected chi connectivity index (χ0v) is 19.5. The van der Waals surface area contributed by atoms with E-state index < -0.39 is 6.04 Å². The lowest BCUT2D eigenvalue weighted by Crippen LogP contribution is -2.48. The van der Waals surface area contributed by atoms with Crippen LogP contribution in [-0.4, -0.2) is 39.1 Å². The van der Waals surface area contributed by atoms with Crippen molar-refractivity contribution in [2.24, 2.45) is 12.8 Å². The number of hydrogen-bond acceptors (Lipinski definition) is 3. The van der Waals surface area contributed by atoms with Crippen LogP contribution in [0, 0.1) is 0 Å². The van der Waals surface area contributed by atoms with Gasteiger partial charge in [0.05, 0.1) is 17.1 Å². The van der Waals surface area contributed by atoms with Crippen molar-refractivity contribution in [3.05, 3.63) is 82.8 Å². The van der Waals surface area contributed by atoms with Crippen LogP contribution in [0.3, 0.4) is 0 Å². The number of imidazole rings is 1. The number of carbonyl (C=O) groups excluding carboxylic acids is 1. The monoisotopic (exact) mass is 464 g/mol. The number of nitrogens with two attached hydrogens (primary N) is 1. The predicted molar refractivity (Wildman–Crippen MR) is 135 cm³/mol. The van der Waals surface area contributed by atoms with Crippen LogP contribution in [0.25, 0.3) is 21.8 Å². The van der Waals surface area contributed by atoms with E-state index in [0.717, 1.165) is 34.8 Å². The zero-order chi connectivity index (χ0) is 22.2. The average Bonchev–Trinajstić information content (AvgIpc) is 3.08. The first-order valence-corrected chi connectivity index (χ1v) is 11.2. The molecule has 3 aromatic carbocycles. The van der Waals surface area contributed by atoms with Crippen molar-refractivity contribution in [1.29, 1.82) is 0 Å². The highest BCUT2D eigenvalue weighted by Gasteiger charge is 2.29. The van der Waals surface area contributed by atoms with Crippen LogP contribution in [0.4, 0.5) is 0 Å². The average molecular weight is 465 g/mol. The molecule has 0 spiro atoms. The number of carbonyl (C=O) groups is 1. The molecule has 1 saturated heterocycles. The van der Waals surface area contributed by atoms with E-state index >= 15 is 0 Å². The summed E-state index contributed by atoms with van der Waals surface area (Å²) in [6.45, 7) is 1.23. The van der Waals surface area contributed by atoms with Gasteiger partial charge in [0.15, 0.2) is 0 Å². The number of fused-ring (bicyclic) bond motifs is 2. The first kappa shape index (κ1) is 23.1. The van der Waals surface area contributed by atoms with Gasteiger partial charge in [0, 0.05) is 26.2 Å². The van der Waals surface area contributed by atoms with Crippen molar-refractivity contribution >= 4 is 40.1 Å². The number of amides is 1. The molecule has 1 fully saturated rings. The Morgan fingerprint density at radius 1 is 0.970 bits per heavy atom. The summed E-state index contributed by atoms with van der Waals surface area (Å²) in [5.74, 6) is -0.0122. The number of aryl methyl sites for hydroxylation is 1. The smallest absolute Gasteiger partial charge is 0.329 e. The summed E-state index contributed by atoms with van der Waals surface area (Å²) in [5, 5.41) is 2.34. The molecule has 1 unspecified atom stereocenters. The van der Waals surface area contributed by atoms with Crippen LogP contribution in [0.15, 0.2) is 71.5 Å². The molecule has 6 nitrogen and oxygen atoms in total. The second-order valence-corrected chi connectivity index (χ2v) is 8.75. The molecule has 5 rings (SSSR count). The van der Waals surface area contributed by atoms with E-state index in [4.69, 9.17) is 5.73 Å². The maximum atomic E-state index is 13.0. The number of nitrogens with zero attached hydrogens (tertiary/aromatic N) is 3. The third-order valence-corrected chi connectivity index (χ3v) is 6.72. The zero-order valence-electron chi connectivity index (χ0n) is 18.7. The molecule has 0 bridgehead atoms. The van der Waals surface area contributed by atoms with E-state index in [1.165, 1.54) is 5.39 Å². The van der Waals surface area contributed by atoms with Crippen LogP contribution >= 0.6 is 12.4 Å². The summed E-state index contributed by atoms with van der Waals surface area (Å²) >= 11 is 0. The van der Waals surface area contributed by atoms with Gasteiger partial charge in [-0.05, 0) is 47.7 Å². The number of rotatable bonds is 4. The Morgan fingerprint density at radius 3 is 2.33 bits per heavy atom. The molecule has 1 amide bonds. The summed E-state index contributed by atoms with van der Waals surface area (Å²) in [6.07, 6.45) is 2.02. The Morgan fingerprint density at radius 2 is 1.61 bits per heavy atom. The summed E-state index contributed by atoms with van der Waals surface area (Å²) < 4.78 is 3.60. The normalized spacial score (nSPS) is 15.5. The standard InChI is InChI=1S/C26H28N4O2.ClH/c1-28-23-8-4-5-9-24(23)30(26(28)32)21-12-14-29(15-13-21)25(31)22(27)17-18-10-11-19-6-2-3-7-20(19)16-18;/h2-11,16,21-22H,12-15,17,27H2,1H3;1H. The van der Waals surface area contributed by atoms with Crippen LogP contribution in [0.5, 0.6) is 0 Å². The van der Waals surface area contributed by atoms with Crippen molar-refractivity contribution in [2.45, 2.75) is 31.3 Å². The van der Waals surface area contributed by atoms with Crippen molar-refractivity contribution in [2.75, 3.05) is 13.1 Å². The van der Waals surface area contributed by atoms with Gasteiger partial charge in [-0.1, -0.05) is 54.6 Å². The summed E-state index contributed by atoms with van der Waals surface area (Å²) in [4.78, 5) is 27.7. The third kappa shape index (κ3) is 4.28. The first-order chi connectivity index (χ1) is 15.5. The van der Waals surface area contributed by atoms with E-state index in [9.17, 15) is 9.59 Å². The van der Waals surface area contributed by atoms with Crippen LogP contribution in [0.1, 0.15) is 24.4 Å². The molecule has 0 saturated carbocycles. The lowest BCUT2D eigenvalue weighted by molar-refractivity contribution is -0.133. The highest BCUT2D eigenvalue weighted by atomic mass is 35.5. The molecule has 7 heteroatoms. The molecule has 1 atom stereocenters. The van der Waals surface area contributed by atoms with Gasteiger partial charge in [-0.25, -0.2) is 4.79 Å². The number of benzene rings is 3. The second-order valence-electron chi connectivity index (χ2n) is 8.75. The molecule has 2 N–H and O–H groups in total. The SMILES string of the molecule is Cl.Cn1c(=O)n(C2CCN(C(=O)C(N)Cc3ccc4ccccc4c3)CC2)c2ccccc21. The van der Waals surface area contributed by atoms with Crippen molar-refractivity contribution in [1.82, 2.24) is 14.0 Å². The van der Waals surface area contributed by atoms with Gasteiger partial charge in [-0.3, -0.25) is 13.9 Å². The Kier molecular flexibility index (Phi) is 6.58. The van der Waals surface area contributed by atoms with Crippen LogP contribution in [0.2, 0.25) is 0 Å². The number of hydrogen-bond donors (Lipinski definition) is 1. The number of likely N-dealkylation sites (tertiary alicyclic amines) is 1. The van der Waals surface area contributed by atoms with E-state index in [-0.39, 0.29) is 30.0 Å². The van der Waals surface area contributed by atoms with Gasteiger partial charge in [-0.15, -0.1) is 12.4 Å². The largest absolute Gasteiger partial charge is 0.341 e. The lowest BCUT2D eigenvalue weighted by Gasteiger charge is -2.34. The molecule has 4 aromatic rings. The minimum absolute atomic E-state index is 0. The van der Waals surface area contributed by atoms with Gasteiger partial charge in [0.2, 0.25) is 5.91 Å². The Hall–Kier alpha value is -3.09. The Balaban J connectivity index is 0.00000259. The van der Waals surface area contributed by atoms with Crippen molar-refractivity contribution in [3.63, 3.8) is 0 Å². The van der Waals surface area contributed by atoms with Gasteiger partial charge in [0.25, 0.3) is 0 Å². The van der Waals surface area contributed by atoms with Crippen molar-refractivity contribution in [3.8, 4) is 0 Å². The van der Waals surface area contributed by atoms with E-state index in [1.807, 2.05) is 52.9 Å². The minimum Gasteiger partial charge on any atom is -0.341 e. The highest BCUT2D eigenvalue weighted by Crippen LogP contribution is 2.26. The van der Waals surface area contributed by atoms with Gasteiger partial charge < -0.3 is 10.6 Å². The minimum atomic E-state index is -0.562. The number of para-hydroxylation sites is 2. The van der Waals surface area contributed by atoms with E-state index in [0.29, 0.717) is 19.5 Å². The molecular weight excluding hydrogens is 436 g/mol. The molecule has 2 heterocycles. The second kappa shape index (κ2) is 9.41. The number of aromatic nitrogens is 2. The summed E-state index contributed by atoms with van der Waals surface area (Å²) in [6, 6.07) is 21.8. The van der Waals surface area contributed by atoms with Crippen LogP contribution in [-0.2, 0) is 18.3 Å². The fourth-order valence-corrected chi connectivity index (χ4v) is 4.96. The molecule has 0 aliphatic carbocycles. The number of piperidine rings is 1. The summed E-state index contributed by atoms with van der Waals surface area (Å²) in [7, 11) is 1.81. The predicted octanol–water partition coefficient (Wildman–Crippen LogP) is 3.65. The molecular formula is C26H29ClN4O2. The topological polar surface area (TPSA) is 73.3 Å². The van der Waals surface area contributed by atoms with Gasteiger partial charge in [0.1, 0.15) is 0 Å². The Bertz CT molecular complexity index is 1350. The molecule has 1 aliphatic heterocycles. The highest BCUT2D eigenvalue weighted by molar-refractivity contribution is 5.85. The number of halogens is 1. The van der Waals surface area contributed by atoms with Crippen molar-refractivity contribution < 1.29 is 4.79 Å². The quantitative estimate of drug-likeness (QED) is 0.501. The van der Waals surface area contributed by atoms with E-state index in [1.54, 1.807) is 4.57 Å². The maximum absolute atomic E-state index is 13.0. The van der Waals surface area contributed by atoms with Crippen LogP contribution < -0.4 is 11.4 Å². The first-order valence-electron chi connectivity index (χ1n) is 11.2. The molecule has 33 heavy (non-hydrogen) atoms. The maximum Gasteiger partial charge on any atom is 0.329 e. The van der Waals surface area contributed by atoms with Gasteiger partial charge in [-0.2, -0.15) is 0 Å². The fraction of sp³-hybridized carbons (Fsp3) is 0.308. The van der Waals surface area contributed by atoms with Gasteiger partial charge >= 0.3 is 5.69 Å². The van der Waals surface area contributed by atoms with E-state index in [2.05, 4.69) is 30.3 Å². The molecule has 1 aromatic heterocycles.